The summed E-state index contributed by atoms with van der Waals surface area (Å²) in [5.74, 6) is -0.538. The number of benzene rings is 1. The number of halogens is 1. The zero-order valence-electron chi connectivity index (χ0n) is 9.72. The van der Waals surface area contributed by atoms with E-state index in [-0.39, 0.29) is 11.5 Å². The highest BCUT2D eigenvalue weighted by Gasteiger charge is 2.15. The molecule has 0 unspecified atom stereocenters. The maximum Gasteiger partial charge on any atom is 0.273 e. The van der Waals surface area contributed by atoms with Crippen molar-refractivity contribution < 1.29 is 4.79 Å². The summed E-state index contributed by atoms with van der Waals surface area (Å²) in [5.41, 5.74) is 12.8. The van der Waals surface area contributed by atoms with Gasteiger partial charge in [0, 0.05) is 5.02 Å². The molecule has 7 heteroatoms. The molecule has 0 saturated carbocycles. The van der Waals surface area contributed by atoms with Gasteiger partial charge in [0.25, 0.3) is 5.91 Å². The van der Waals surface area contributed by atoms with Gasteiger partial charge in [-0.25, -0.2) is 4.68 Å². The van der Waals surface area contributed by atoms with Crippen molar-refractivity contribution in [2.45, 2.75) is 13.5 Å². The van der Waals surface area contributed by atoms with Crippen LogP contribution >= 0.6 is 11.6 Å². The summed E-state index contributed by atoms with van der Waals surface area (Å²) in [4.78, 5) is 11.0. The molecule has 0 atom stereocenters. The van der Waals surface area contributed by atoms with Crippen LogP contribution in [0.15, 0.2) is 18.2 Å². The summed E-state index contributed by atoms with van der Waals surface area (Å²) < 4.78 is 1.42. The molecule has 94 valence electrons. The van der Waals surface area contributed by atoms with E-state index >= 15 is 0 Å². The molecule has 0 spiro atoms. The van der Waals surface area contributed by atoms with Crippen LogP contribution in [-0.2, 0) is 6.54 Å². The Morgan fingerprint density at radius 1 is 1.50 bits per heavy atom. The molecular formula is C11H12ClN5O. The summed E-state index contributed by atoms with van der Waals surface area (Å²) in [7, 11) is 0. The molecule has 6 nitrogen and oxygen atoms in total. The van der Waals surface area contributed by atoms with Crippen molar-refractivity contribution in [3.05, 3.63) is 40.0 Å². The van der Waals surface area contributed by atoms with Gasteiger partial charge in [-0.3, -0.25) is 4.79 Å². The second-order valence-corrected chi connectivity index (χ2v) is 4.35. The predicted octanol–water partition coefficient (Wildman–Crippen LogP) is 0.969. The summed E-state index contributed by atoms with van der Waals surface area (Å²) in [6, 6.07) is 5.53. The molecule has 4 N–H and O–H groups in total. The van der Waals surface area contributed by atoms with Crippen LogP contribution in [0.2, 0.25) is 5.02 Å². The third-order valence-corrected chi connectivity index (χ3v) is 2.87. The minimum atomic E-state index is -0.693. The number of hydrogen-bond acceptors (Lipinski definition) is 4. The van der Waals surface area contributed by atoms with E-state index in [0.29, 0.717) is 11.6 Å². The molecule has 1 aromatic heterocycles. The Balaban J connectivity index is 2.34. The zero-order chi connectivity index (χ0) is 13.3. The Labute approximate surface area is 109 Å². The van der Waals surface area contributed by atoms with E-state index in [9.17, 15) is 4.79 Å². The molecule has 18 heavy (non-hydrogen) atoms. The average Bonchev–Trinajstić information content (AvgIpc) is 2.66. The van der Waals surface area contributed by atoms with Crippen molar-refractivity contribution in [1.82, 2.24) is 15.0 Å². The average molecular weight is 266 g/mol. The molecule has 0 aliphatic rings. The van der Waals surface area contributed by atoms with Crippen LogP contribution in [-0.4, -0.2) is 20.9 Å². The summed E-state index contributed by atoms with van der Waals surface area (Å²) in [6.07, 6.45) is 0. The van der Waals surface area contributed by atoms with E-state index in [4.69, 9.17) is 23.1 Å². The van der Waals surface area contributed by atoms with E-state index < -0.39 is 5.91 Å². The molecule has 2 aromatic rings. The highest BCUT2D eigenvalue weighted by molar-refractivity contribution is 6.30. The van der Waals surface area contributed by atoms with Gasteiger partial charge in [0.05, 0.1) is 6.54 Å². The smallest absolute Gasteiger partial charge is 0.273 e. The Kier molecular flexibility index (Phi) is 3.20. The van der Waals surface area contributed by atoms with Crippen molar-refractivity contribution >= 4 is 23.3 Å². The number of amides is 1. The lowest BCUT2D eigenvalue weighted by molar-refractivity contribution is 0.0996. The van der Waals surface area contributed by atoms with Gasteiger partial charge in [0.2, 0.25) is 0 Å². The van der Waals surface area contributed by atoms with E-state index in [1.807, 2.05) is 19.1 Å². The number of aryl methyl sites for hydroxylation is 1. The molecule has 0 aliphatic heterocycles. The van der Waals surface area contributed by atoms with Crippen LogP contribution in [0.1, 0.15) is 21.6 Å². The minimum absolute atomic E-state index is 0.0188. The van der Waals surface area contributed by atoms with E-state index in [1.165, 1.54) is 4.68 Å². The summed E-state index contributed by atoms with van der Waals surface area (Å²) >= 11 is 5.93. The summed E-state index contributed by atoms with van der Waals surface area (Å²) in [5, 5.41) is 8.07. The topological polar surface area (TPSA) is 99.8 Å². The fourth-order valence-corrected chi connectivity index (χ4v) is 1.78. The van der Waals surface area contributed by atoms with Gasteiger partial charge in [-0.05, 0) is 30.2 Å². The molecule has 0 bridgehead atoms. The monoisotopic (exact) mass is 265 g/mol. The molecule has 1 heterocycles. The van der Waals surface area contributed by atoms with Gasteiger partial charge in [-0.15, -0.1) is 5.10 Å². The predicted molar refractivity (Wildman–Crippen MR) is 68.2 cm³/mol. The number of nitrogens with zero attached hydrogens (tertiary/aromatic N) is 3. The number of carbonyl (C=O) groups excluding carboxylic acids is 1. The SMILES string of the molecule is Cc1ccc(Cl)cc1Cn1nnc(C(N)=O)c1N. The Morgan fingerprint density at radius 2 is 2.22 bits per heavy atom. The fraction of sp³-hybridized carbons (Fsp3) is 0.182. The number of rotatable bonds is 3. The number of nitrogen functional groups attached to an aromatic ring is 1. The second kappa shape index (κ2) is 4.66. The molecule has 0 aliphatic carbocycles. The first-order valence-corrected chi connectivity index (χ1v) is 5.60. The van der Waals surface area contributed by atoms with E-state index in [0.717, 1.165) is 11.1 Å². The molecule has 0 radical (unpaired) electrons. The Morgan fingerprint density at radius 3 is 2.83 bits per heavy atom. The number of hydrogen-bond donors (Lipinski definition) is 2. The maximum atomic E-state index is 11.0. The zero-order valence-corrected chi connectivity index (χ0v) is 10.5. The quantitative estimate of drug-likeness (QED) is 0.863. The molecule has 2 rings (SSSR count). The van der Waals surface area contributed by atoms with E-state index in [1.54, 1.807) is 6.07 Å². The molecule has 0 saturated heterocycles. The lowest BCUT2D eigenvalue weighted by Crippen LogP contribution is -2.15. The Hall–Kier alpha value is -2.08. The van der Waals surface area contributed by atoms with Gasteiger partial charge in [0.15, 0.2) is 11.5 Å². The third kappa shape index (κ3) is 2.28. The number of aromatic nitrogens is 3. The largest absolute Gasteiger partial charge is 0.382 e. The lowest BCUT2D eigenvalue weighted by atomic mass is 10.1. The standard InChI is InChI=1S/C11H12ClN5O/c1-6-2-3-8(12)4-7(6)5-17-10(13)9(11(14)18)15-16-17/h2-4H,5,13H2,1H3,(H2,14,18). The fourth-order valence-electron chi connectivity index (χ4n) is 1.58. The second-order valence-electron chi connectivity index (χ2n) is 3.92. The summed E-state index contributed by atoms with van der Waals surface area (Å²) in [6.45, 7) is 2.34. The van der Waals surface area contributed by atoms with Crippen molar-refractivity contribution in [2.75, 3.05) is 5.73 Å². The molecular weight excluding hydrogens is 254 g/mol. The van der Waals surface area contributed by atoms with Gasteiger partial charge in [0.1, 0.15) is 0 Å². The van der Waals surface area contributed by atoms with E-state index in [2.05, 4.69) is 10.3 Å². The van der Waals surface area contributed by atoms with Gasteiger partial charge < -0.3 is 11.5 Å². The van der Waals surface area contributed by atoms with Gasteiger partial charge in [-0.2, -0.15) is 0 Å². The van der Waals surface area contributed by atoms with Crippen LogP contribution < -0.4 is 11.5 Å². The number of carbonyl (C=O) groups is 1. The maximum absolute atomic E-state index is 11.0. The van der Waals surface area contributed by atoms with Crippen molar-refractivity contribution in [1.29, 1.82) is 0 Å². The molecule has 0 fully saturated rings. The highest BCUT2D eigenvalue weighted by Crippen LogP contribution is 2.18. The number of anilines is 1. The van der Waals surface area contributed by atoms with Gasteiger partial charge >= 0.3 is 0 Å². The minimum Gasteiger partial charge on any atom is -0.382 e. The van der Waals surface area contributed by atoms with Crippen LogP contribution in [0.25, 0.3) is 0 Å². The lowest BCUT2D eigenvalue weighted by Gasteiger charge is -2.07. The highest BCUT2D eigenvalue weighted by atomic mass is 35.5. The third-order valence-electron chi connectivity index (χ3n) is 2.64. The Bertz CT molecular complexity index is 607. The van der Waals surface area contributed by atoms with Crippen molar-refractivity contribution in [2.24, 2.45) is 5.73 Å². The van der Waals surface area contributed by atoms with Crippen molar-refractivity contribution in [3.63, 3.8) is 0 Å². The van der Waals surface area contributed by atoms with Crippen molar-refractivity contribution in [3.8, 4) is 0 Å². The van der Waals surface area contributed by atoms with Crippen LogP contribution in [0.4, 0.5) is 5.82 Å². The first-order valence-electron chi connectivity index (χ1n) is 5.23. The molecule has 1 amide bonds. The normalized spacial score (nSPS) is 10.6. The van der Waals surface area contributed by atoms with Gasteiger partial charge in [-0.1, -0.05) is 22.9 Å². The number of primary amides is 1. The molecule has 1 aromatic carbocycles. The van der Waals surface area contributed by atoms with Crippen LogP contribution in [0.5, 0.6) is 0 Å². The number of nitrogens with two attached hydrogens (primary N) is 2. The van der Waals surface area contributed by atoms with Crippen LogP contribution in [0, 0.1) is 6.92 Å². The first kappa shape index (κ1) is 12.4. The van der Waals surface area contributed by atoms with Crippen LogP contribution in [0.3, 0.4) is 0 Å². The first-order chi connectivity index (χ1) is 8.49.